The summed E-state index contributed by atoms with van der Waals surface area (Å²) < 4.78 is 10.3. The summed E-state index contributed by atoms with van der Waals surface area (Å²) in [5.74, 6) is -0.252. The Balaban J connectivity index is 1.60. The molecule has 2 heterocycles. The van der Waals surface area contributed by atoms with Gasteiger partial charge in [0.15, 0.2) is 6.61 Å². The molecule has 0 saturated carbocycles. The zero-order chi connectivity index (χ0) is 19.4. The van der Waals surface area contributed by atoms with Gasteiger partial charge in [0.25, 0.3) is 0 Å². The SMILES string of the molecule is COc1ccccc1C(=O)COC(=O)CSc1ncnc2sc(C)c(C)c12. The highest BCUT2D eigenvalue weighted by Gasteiger charge is 2.16. The van der Waals surface area contributed by atoms with E-state index in [1.807, 2.05) is 13.8 Å². The van der Waals surface area contributed by atoms with Crippen molar-refractivity contribution in [3.63, 3.8) is 0 Å². The zero-order valence-electron chi connectivity index (χ0n) is 15.1. The summed E-state index contributed by atoms with van der Waals surface area (Å²) in [4.78, 5) is 35.0. The molecule has 0 bridgehead atoms. The predicted octanol–water partition coefficient (Wildman–Crippen LogP) is 3.83. The number of methoxy groups -OCH3 is 1. The van der Waals surface area contributed by atoms with Crippen LogP contribution in [0.3, 0.4) is 0 Å². The van der Waals surface area contributed by atoms with Gasteiger partial charge >= 0.3 is 5.97 Å². The molecule has 0 saturated heterocycles. The molecule has 0 spiro atoms. The molecule has 0 radical (unpaired) electrons. The van der Waals surface area contributed by atoms with Crippen molar-refractivity contribution in [2.45, 2.75) is 18.9 Å². The van der Waals surface area contributed by atoms with Crippen LogP contribution in [-0.4, -0.2) is 41.2 Å². The number of ketones is 1. The number of ether oxygens (including phenoxy) is 2. The minimum absolute atomic E-state index is 0.0691. The molecule has 0 amide bonds. The summed E-state index contributed by atoms with van der Waals surface area (Å²) in [6.07, 6.45) is 1.50. The fraction of sp³-hybridized carbons (Fsp3) is 0.263. The lowest BCUT2D eigenvalue weighted by atomic mass is 10.1. The molecule has 0 aliphatic carbocycles. The first-order valence-corrected chi connectivity index (χ1v) is 9.96. The van der Waals surface area contributed by atoms with Crippen molar-refractivity contribution in [3.05, 3.63) is 46.6 Å². The van der Waals surface area contributed by atoms with Crippen molar-refractivity contribution in [2.24, 2.45) is 0 Å². The van der Waals surface area contributed by atoms with E-state index in [0.717, 1.165) is 20.8 Å². The summed E-state index contributed by atoms with van der Waals surface area (Å²) in [6, 6.07) is 6.84. The third-order valence-electron chi connectivity index (χ3n) is 4.03. The number of Topliss-reactive ketones (excluding diaryl/α,β-unsaturated/α-hetero) is 1. The molecule has 0 aliphatic rings. The molecule has 0 fully saturated rings. The fourth-order valence-corrected chi connectivity index (χ4v) is 4.44. The number of fused-ring (bicyclic) bond motifs is 1. The highest BCUT2D eigenvalue weighted by molar-refractivity contribution is 8.00. The van der Waals surface area contributed by atoms with E-state index in [9.17, 15) is 9.59 Å². The van der Waals surface area contributed by atoms with Crippen LogP contribution in [0.1, 0.15) is 20.8 Å². The maximum Gasteiger partial charge on any atom is 0.316 e. The Kier molecular flexibility index (Phi) is 6.08. The average Bonchev–Trinajstić information content (AvgIpc) is 2.98. The minimum Gasteiger partial charge on any atom is -0.496 e. The second-order valence-electron chi connectivity index (χ2n) is 5.72. The molecular weight excluding hydrogens is 384 g/mol. The average molecular weight is 402 g/mol. The van der Waals surface area contributed by atoms with Gasteiger partial charge in [0.1, 0.15) is 21.9 Å². The van der Waals surface area contributed by atoms with Crippen LogP contribution in [0, 0.1) is 13.8 Å². The molecule has 8 heteroatoms. The van der Waals surface area contributed by atoms with Gasteiger partial charge in [-0.25, -0.2) is 9.97 Å². The Morgan fingerprint density at radius 1 is 1.19 bits per heavy atom. The zero-order valence-corrected chi connectivity index (χ0v) is 16.8. The highest BCUT2D eigenvalue weighted by atomic mass is 32.2. The highest BCUT2D eigenvalue weighted by Crippen LogP contribution is 2.34. The van der Waals surface area contributed by atoms with E-state index in [4.69, 9.17) is 9.47 Å². The van der Waals surface area contributed by atoms with Crippen molar-refractivity contribution in [1.29, 1.82) is 0 Å². The molecule has 0 aliphatic heterocycles. The lowest BCUT2D eigenvalue weighted by molar-refractivity contribution is -0.139. The van der Waals surface area contributed by atoms with Gasteiger partial charge in [0.05, 0.1) is 18.4 Å². The number of thiophene rings is 1. The van der Waals surface area contributed by atoms with Crippen LogP contribution in [0.25, 0.3) is 10.2 Å². The summed E-state index contributed by atoms with van der Waals surface area (Å²) >= 11 is 2.89. The molecule has 0 atom stereocenters. The van der Waals surface area contributed by atoms with E-state index >= 15 is 0 Å². The molecule has 2 aromatic heterocycles. The standard InChI is InChI=1S/C19H18N2O4S2/c1-11-12(2)27-19-17(11)18(20-10-21-19)26-9-16(23)25-8-14(22)13-6-4-5-7-15(13)24-3/h4-7,10H,8-9H2,1-3H3. The Hall–Kier alpha value is -2.45. The molecule has 27 heavy (non-hydrogen) atoms. The summed E-state index contributed by atoms with van der Waals surface area (Å²) in [6.45, 7) is 3.73. The third kappa shape index (κ3) is 4.28. The molecule has 6 nitrogen and oxygen atoms in total. The number of rotatable bonds is 7. The van der Waals surface area contributed by atoms with Crippen LogP contribution in [0.15, 0.2) is 35.6 Å². The van der Waals surface area contributed by atoms with E-state index in [-0.39, 0.29) is 18.1 Å². The number of aryl methyl sites for hydroxylation is 2. The van der Waals surface area contributed by atoms with E-state index in [1.54, 1.807) is 35.6 Å². The molecule has 140 valence electrons. The number of carbonyl (C=O) groups is 2. The van der Waals surface area contributed by atoms with Crippen molar-refractivity contribution in [2.75, 3.05) is 19.5 Å². The van der Waals surface area contributed by atoms with E-state index in [1.165, 1.54) is 30.1 Å². The molecule has 0 N–H and O–H groups in total. The van der Waals surface area contributed by atoms with E-state index in [2.05, 4.69) is 9.97 Å². The van der Waals surface area contributed by atoms with Gasteiger partial charge in [-0.15, -0.1) is 11.3 Å². The topological polar surface area (TPSA) is 78.4 Å². The summed E-state index contributed by atoms with van der Waals surface area (Å²) in [5.41, 5.74) is 1.51. The van der Waals surface area contributed by atoms with Gasteiger partial charge < -0.3 is 9.47 Å². The maximum absolute atomic E-state index is 12.2. The Morgan fingerprint density at radius 2 is 1.96 bits per heavy atom. The molecule has 1 aromatic carbocycles. The van der Waals surface area contributed by atoms with Gasteiger partial charge in [0, 0.05) is 10.3 Å². The number of esters is 1. The number of thioether (sulfide) groups is 1. The number of hydrogen-bond acceptors (Lipinski definition) is 8. The Morgan fingerprint density at radius 3 is 2.74 bits per heavy atom. The number of nitrogens with zero attached hydrogens (tertiary/aromatic N) is 2. The van der Waals surface area contributed by atoms with Crippen LogP contribution in [0.5, 0.6) is 5.75 Å². The maximum atomic E-state index is 12.2. The predicted molar refractivity (Wildman–Crippen MR) is 106 cm³/mol. The lowest BCUT2D eigenvalue weighted by Gasteiger charge is -2.08. The van der Waals surface area contributed by atoms with Crippen molar-refractivity contribution in [1.82, 2.24) is 9.97 Å². The number of para-hydroxylation sites is 1. The monoisotopic (exact) mass is 402 g/mol. The van der Waals surface area contributed by atoms with Crippen LogP contribution >= 0.6 is 23.1 Å². The Labute approximate surface area is 164 Å². The lowest BCUT2D eigenvalue weighted by Crippen LogP contribution is -2.16. The number of benzene rings is 1. The van der Waals surface area contributed by atoms with E-state index < -0.39 is 5.97 Å². The van der Waals surface area contributed by atoms with Gasteiger partial charge in [-0.05, 0) is 31.5 Å². The van der Waals surface area contributed by atoms with Crippen molar-refractivity contribution in [3.8, 4) is 5.75 Å². The first kappa shape index (κ1) is 19.3. The summed E-state index contributed by atoms with van der Waals surface area (Å²) in [5, 5.41) is 1.72. The normalized spacial score (nSPS) is 10.8. The Bertz CT molecular complexity index is 1000. The molecule has 3 aromatic rings. The van der Waals surface area contributed by atoms with Crippen molar-refractivity contribution >= 4 is 45.1 Å². The first-order valence-electron chi connectivity index (χ1n) is 8.16. The van der Waals surface area contributed by atoms with Crippen LogP contribution in [0.2, 0.25) is 0 Å². The quantitative estimate of drug-likeness (QED) is 0.257. The number of aromatic nitrogens is 2. The second kappa shape index (κ2) is 8.49. The first-order chi connectivity index (χ1) is 13.0. The van der Waals surface area contributed by atoms with Crippen LogP contribution in [-0.2, 0) is 9.53 Å². The largest absolute Gasteiger partial charge is 0.496 e. The van der Waals surface area contributed by atoms with Gasteiger partial charge in [-0.2, -0.15) is 0 Å². The van der Waals surface area contributed by atoms with Crippen molar-refractivity contribution < 1.29 is 19.1 Å². The minimum atomic E-state index is -0.473. The van der Waals surface area contributed by atoms with E-state index in [0.29, 0.717) is 11.3 Å². The number of carbonyl (C=O) groups excluding carboxylic acids is 2. The third-order valence-corrected chi connectivity index (χ3v) is 6.11. The van der Waals surface area contributed by atoms with Gasteiger partial charge in [-0.1, -0.05) is 23.9 Å². The van der Waals surface area contributed by atoms with Crippen LogP contribution in [0.4, 0.5) is 0 Å². The smallest absolute Gasteiger partial charge is 0.316 e. The second-order valence-corrected chi connectivity index (χ2v) is 7.88. The van der Waals surface area contributed by atoms with Crippen LogP contribution < -0.4 is 4.74 Å². The molecule has 0 unspecified atom stereocenters. The van der Waals surface area contributed by atoms with Gasteiger partial charge in [0.2, 0.25) is 5.78 Å². The molecular formula is C19H18N2O4S2. The summed E-state index contributed by atoms with van der Waals surface area (Å²) in [7, 11) is 1.49. The number of hydrogen-bond donors (Lipinski definition) is 0. The van der Waals surface area contributed by atoms with Gasteiger partial charge in [-0.3, -0.25) is 9.59 Å². The molecule has 3 rings (SSSR count). The fourth-order valence-electron chi connectivity index (χ4n) is 2.53.